The van der Waals surface area contributed by atoms with Gasteiger partial charge in [0.25, 0.3) is 0 Å². The van der Waals surface area contributed by atoms with E-state index >= 15 is 0 Å². The molecule has 13 heavy (non-hydrogen) atoms. The van der Waals surface area contributed by atoms with Crippen LogP contribution >= 0.6 is 0 Å². The molecule has 1 aromatic carbocycles. The molecule has 0 bridgehead atoms. The summed E-state index contributed by atoms with van der Waals surface area (Å²) in [6.45, 7) is -1.00. The molecule has 0 saturated carbocycles. The molecule has 4 nitrogen and oxygen atoms in total. The smallest absolute Gasteiger partial charge is 0.554 e. The van der Waals surface area contributed by atoms with E-state index in [2.05, 4.69) is 0 Å². The van der Waals surface area contributed by atoms with Crippen molar-refractivity contribution in [1.29, 1.82) is 0 Å². The monoisotopic (exact) mass is 256 g/mol. The summed E-state index contributed by atoms with van der Waals surface area (Å²) in [5.41, 5.74) is 0. The van der Waals surface area contributed by atoms with Gasteiger partial charge in [-0.25, -0.2) is 0 Å². The van der Waals surface area contributed by atoms with Gasteiger partial charge in [0.05, 0.1) is 0 Å². The van der Waals surface area contributed by atoms with E-state index in [0.717, 1.165) is 0 Å². The van der Waals surface area contributed by atoms with Crippen LogP contribution in [0.4, 0.5) is 0 Å². The first-order chi connectivity index (χ1) is 5.83. The average molecular weight is 256 g/mol. The summed E-state index contributed by atoms with van der Waals surface area (Å²) in [7, 11) is 0. The fourth-order valence-electron chi connectivity index (χ4n) is 0.385. The summed E-state index contributed by atoms with van der Waals surface area (Å²) in [6.07, 6.45) is 0. The topological polar surface area (TPSA) is 80.3 Å². The van der Waals surface area contributed by atoms with Crippen LogP contribution in [-0.2, 0) is 9.59 Å². The molecule has 0 fully saturated rings. The Morgan fingerprint density at radius 2 is 0.769 bits per heavy atom. The van der Waals surface area contributed by atoms with E-state index in [1.165, 1.54) is 0 Å². The standard InChI is InChI=1S/C6H6.2CH2O2.Sr/c1-2-4-6-5-3-1;2*2-1-3;/h1-6H;2*1H,(H,2,3);/q;;;+2/p-2. The van der Waals surface area contributed by atoms with Gasteiger partial charge >= 0.3 is 45.5 Å². The van der Waals surface area contributed by atoms with Crippen molar-refractivity contribution in [1.82, 2.24) is 0 Å². The molecule has 0 aliphatic rings. The Hall–Kier alpha value is -0.359. The maximum absolute atomic E-state index is 8.25. The third-order valence-corrected chi connectivity index (χ3v) is 0.667. The Morgan fingerprint density at radius 1 is 0.692 bits per heavy atom. The first-order valence-corrected chi connectivity index (χ1v) is 2.94. The van der Waals surface area contributed by atoms with Gasteiger partial charge in [-0.1, -0.05) is 36.4 Å². The first kappa shape index (κ1) is 18.4. The minimum absolute atomic E-state index is 0. The summed E-state index contributed by atoms with van der Waals surface area (Å²) < 4.78 is 0. The molecule has 66 valence electrons. The largest absolute Gasteiger partial charge is 2.00 e. The Morgan fingerprint density at radius 3 is 0.846 bits per heavy atom. The van der Waals surface area contributed by atoms with Crippen LogP contribution in [-0.4, -0.2) is 58.4 Å². The Labute approximate surface area is 113 Å². The summed E-state index contributed by atoms with van der Waals surface area (Å²) in [5.74, 6) is 0. The molecule has 0 spiro atoms. The van der Waals surface area contributed by atoms with Crippen LogP contribution in [0.5, 0.6) is 0 Å². The van der Waals surface area contributed by atoms with E-state index in [1.54, 1.807) is 0 Å². The second-order valence-electron chi connectivity index (χ2n) is 1.35. The molecule has 0 radical (unpaired) electrons. The van der Waals surface area contributed by atoms with Gasteiger partial charge in [-0.05, 0) is 0 Å². The van der Waals surface area contributed by atoms with Crippen molar-refractivity contribution in [3.05, 3.63) is 36.4 Å². The normalized spacial score (nSPS) is 5.54. The second kappa shape index (κ2) is 22.6. The summed E-state index contributed by atoms with van der Waals surface area (Å²) in [5, 5.41) is 16.5. The average Bonchev–Trinajstić information content (AvgIpc) is 2.10. The SMILES string of the molecule is O=C[O-].O=C[O-].[Sr+2].c1ccccc1. The third kappa shape index (κ3) is 34.0. The molecule has 0 heterocycles. The number of carboxylic acid groups (broad SMARTS) is 2. The van der Waals surface area contributed by atoms with Gasteiger partial charge in [-0.2, -0.15) is 0 Å². The van der Waals surface area contributed by atoms with Crippen LogP contribution in [0.2, 0.25) is 0 Å². The van der Waals surface area contributed by atoms with E-state index < -0.39 is 12.9 Å². The molecule has 0 N–H and O–H groups in total. The zero-order valence-corrected chi connectivity index (χ0v) is 10.4. The molecule has 0 aliphatic heterocycles. The van der Waals surface area contributed by atoms with E-state index in [0.29, 0.717) is 0 Å². The van der Waals surface area contributed by atoms with Crippen molar-refractivity contribution in [3.8, 4) is 0 Å². The van der Waals surface area contributed by atoms with Crippen molar-refractivity contribution in [3.63, 3.8) is 0 Å². The first-order valence-electron chi connectivity index (χ1n) is 2.94. The quantitative estimate of drug-likeness (QED) is 0.398. The van der Waals surface area contributed by atoms with Crippen LogP contribution in [0, 0.1) is 0 Å². The minimum Gasteiger partial charge on any atom is -0.554 e. The van der Waals surface area contributed by atoms with E-state index in [-0.39, 0.29) is 45.5 Å². The molecular weight excluding hydrogens is 248 g/mol. The predicted octanol–water partition coefficient (Wildman–Crippen LogP) is -1.96. The molecular formula is C8H8O4Sr. The fourth-order valence-corrected chi connectivity index (χ4v) is 0.385. The van der Waals surface area contributed by atoms with Crippen molar-refractivity contribution < 1.29 is 19.8 Å². The van der Waals surface area contributed by atoms with Crippen molar-refractivity contribution in [2.75, 3.05) is 0 Å². The van der Waals surface area contributed by atoms with E-state index in [4.69, 9.17) is 19.8 Å². The number of carbonyl (C=O) groups is 2. The van der Waals surface area contributed by atoms with Gasteiger partial charge in [0, 0.05) is 12.9 Å². The zero-order valence-electron chi connectivity index (χ0n) is 6.96. The number of carbonyl (C=O) groups excluding carboxylic acids is 2. The maximum atomic E-state index is 8.25. The van der Waals surface area contributed by atoms with Gasteiger partial charge < -0.3 is 19.8 Å². The molecule has 0 atom stereocenters. The molecule has 0 aromatic heterocycles. The Bertz CT molecular complexity index is 146. The molecule has 1 aromatic rings. The molecule has 0 aliphatic carbocycles. The van der Waals surface area contributed by atoms with E-state index in [1.807, 2.05) is 36.4 Å². The van der Waals surface area contributed by atoms with Crippen LogP contribution in [0.3, 0.4) is 0 Å². The number of rotatable bonds is 0. The Balaban J connectivity index is -0.000000126. The predicted molar refractivity (Wildman–Crippen MR) is 44.3 cm³/mol. The second-order valence-corrected chi connectivity index (χ2v) is 1.35. The van der Waals surface area contributed by atoms with Gasteiger partial charge in [-0.15, -0.1) is 0 Å². The summed E-state index contributed by atoms with van der Waals surface area (Å²) in [6, 6.07) is 12.0. The fraction of sp³-hybridized carbons (Fsp3) is 0. The van der Waals surface area contributed by atoms with Crippen molar-refractivity contribution in [2.24, 2.45) is 0 Å². The maximum Gasteiger partial charge on any atom is 2.00 e. The van der Waals surface area contributed by atoms with Crippen molar-refractivity contribution in [2.45, 2.75) is 0 Å². The Kier molecular flexibility index (Phi) is 32.0. The molecule has 0 amide bonds. The molecule has 5 heteroatoms. The van der Waals surface area contributed by atoms with E-state index in [9.17, 15) is 0 Å². The summed E-state index contributed by atoms with van der Waals surface area (Å²) in [4.78, 5) is 16.5. The third-order valence-electron chi connectivity index (χ3n) is 0.667. The van der Waals surface area contributed by atoms with Gasteiger partial charge in [0.1, 0.15) is 0 Å². The zero-order chi connectivity index (χ0) is 9.66. The van der Waals surface area contributed by atoms with Crippen LogP contribution in [0.15, 0.2) is 36.4 Å². The van der Waals surface area contributed by atoms with Crippen LogP contribution in [0.1, 0.15) is 0 Å². The van der Waals surface area contributed by atoms with Crippen LogP contribution in [0.25, 0.3) is 0 Å². The van der Waals surface area contributed by atoms with Crippen LogP contribution < -0.4 is 10.2 Å². The number of benzene rings is 1. The van der Waals surface area contributed by atoms with Gasteiger partial charge in [0.2, 0.25) is 0 Å². The van der Waals surface area contributed by atoms with Gasteiger partial charge in [-0.3, -0.25) is 0 Å². The summed E-state index contributed by atoms with van der Waals surface area (Å²) >= 11 is 0. The molecule has 0 saturated heterocycles. The number of hydrogen-bond acceptors (Lipinski definition) is 4. The molecule has 0 unspecified atom stereocenters. The van der Waals surface area contributed by atoms with Gasteiger partial charge in [0.15, 0.2) is 0 Å². The molecule has 1 rings (SSSR count). The minimum atomic E-state index is -0.500. The van der Waals surface area contributed by atoms with Crippen molar-refractivity contribution >= 4 is 58.4 Å². The number of hydrogen-bond donors (Lipinski definition) is 0.